The quantitative estimate of drug-likeness (QED) is 0.735. The molecule has 0 saturated heterocycles. The third kappa shape index (κ3) is 6.93. The summed E-state index contributed by atoms with van der Waals surface area (Å²) in [5, 5.41) is 2.54. The van der Waals surface area contributed by atoms with Crippen molar-refractivity contribution >= 4 is 42.1 Å². The molecule has 0 aliphatic heterocycles. The highest BCUT2D eigenvalue weighted by molar-refractivity contribution is 5.95. The summed E-state index contributed by atoms with van der Waals surface area (Å²) in [6, 6.07) is 11.8. The van der Waals surface area contributed by atoms with Gasteiger partial charge in [-0.3, -0.25) is 4.79 Å². The Morgan fingerprint density at radius 2 is 1.70 bits per heavy atom. The summed E-state index contributed by atoms with van der Waals surface area (Å²) in [4.78, 5) is 13.9. The van der Waals surface area contributed by atoms with Gasteiger partial charge in [-0.25, -0.2) is 0 Å². The molecule has 0 fully saturated rings. The van der Waals surface area contributed by atoms with Gasteiger partial charge in [0, 0.05) is 26.6 Å². The number of benzene rings is 2. The highest BCUT2D eigenvalue weighted by atomic mass is 35.5. The first-order chi connectivity index (χ1) is 11.7. The monoisotopic (exact) mass is 423 g/mol. The van der Waals surface area contributed by atoms with Crippen LogP contribution >= 0.6 is 24.8 Å². The molecule has 4 nitrogen and oxygen atoms in total. The first-order valence-corrected chi connectivity index (χ1v) is 7.67. The summed E-state index contributed by atoms with van der Waals surface area (Å²) in [5.41, 5.74) is 6.55. The van der Waals surface area contributed by atoms with Crippen LogP contribution in [0, 0.1) is 0 Å². The number of amides is 1. The van der Waals surface area contributed by atoms with E-state index < -0.39 is 23.7 Å². The van der Waals surface area contributed by atoms with Gasteiger partial charge in [0.25, 0.3) is 0 Å². The smallest absolute Gasteiger partial charge is 0.376 e. The predicted octanol–water partition coefficient (Wildman–Crippen LogP) is 4.64. The van der Waals surface area contributed by atoms with Crippen molar-refractivity contribution in [1.29, 1.82) is 0 Å². The molecule has 1 amide bonds. The lowest BCUT2D eigenvalue weighted by Crippen LogP contribution is -2.22. The third-order valence-electron chi connectivity index (χ3n) is 3.71. The number of alkyl halides is 3. The normalized spacial score (nSPS) is 11.6. The minimum absolute atomic E-state index is 0. The average Bonchev–Trinajstić information content (AvgIpc) is 2.54. The molecule has 9 heteroatoms. The van der Waals surface area contributed by atoms with Crippen molar-refractivity contribution in [2.75, 3.05) is 24.3 Å². The Hall–Kier alpha value is -1.96. The highest BCUT2D eigenvalue weighted by Crippen LogP contribution is 2.35. The molecule has 1 unspecified atom stereocenters. The van der Waals surface area contributed by atoms with Gasteiger partial charge < -0.3 is 16.0 Å². The summed E-state index contributed by atoms with van der Waals surface area (Å²) < 4.78 is 38.8. The van der Waals surface area contributed by atoms with Crippen molar-refractivity contribution in [3.63, 3.8) is 0 Å². The van der Waals surface area contributed by atoms with E-state index in [4.69, 9.17) is 5.73 Å². The molecule has 2 aromatic carbocycles. The van der Waals surface area contributed by atoms with E-state index >= 15 is 0 Å². The van der Waals surface area contributed by atoms with E-state index in [-0.39, 0.29) is 36.9 Å². The van der Waals surface area contributed by atoms with Crippen LogP contribution in [0.1, 0.15) is 23.6 Å². The summed E-state index contributed by atoms with van der Waals surface area (Å²) >= 11 is 0. The lowest BCUT2D eigenvalue weighted by molar-refractivity contribution is -0.137. The van der Waals surface area contributed by atoms with Crippen LogP contribution < -0.4 is 16.0 Å². The van der Waals surface area contributed by atoms with E-state index in [1.165, 1.54) is 6.07 Å². The molecule has 27 heavy (non-hydrogen) atoms. The van der Waals surface area contributed by atoms with E-state index in [0.717, 1.165) is 17.7 Å². The van der Waals surface area contributed by atoms with Gasteiger partial charge in [-0.15, -0.1) is 24.8 Å². The maximum atomic E-state index is 12.9. The van der Waals surface area contributed by atoms with E-state index in [2.05, 4.69) is 5.32 Å². The zero-order chi connectivity index (χ0) is 18.6. The molecule has 0 aromatic heterocycles. The van der Waals surface area contributed by atoms with Crippen LogP contribution in [0.15, 0.2) is 48.5 Å². The Morgan fingerprint density at radius 3 is 2.22 bits per heavy atom. The largest absolute Gasteiger partial charge is 0.416 e. The van der Waals surface area contributed by atoms with Crippen molar-refractivity contribution in [3.8, 4) is 0 Å². The SMILES string of the molecule is CN(C)c1ccc(C(F)(F)F)cc1NC(=O)CC(N)c1ccccc1.Cl.Cl. The van der Waals surface area contributed by atoms with Crippen LogP contribution in [-0.4, -0.2) is 20.0 Å². The van der Waals surface area contributed by atoms with Crippen molar-refractivity contribution in [2.24, 2.45) is 5.73 Å². The summed E-state index contributed by atoms with van der Waals surface area (Å²) in [6.07, 6.45) is -4.52. The molecule has 2 rings (SSSR count). The van der Waals surface area contributed by atoms with Crippen LogP contribution in [0.5, 0.6) is 0 Å². The second-order valence-corrected chi connectivity index (χ2v) is 5.89. The molecule has 0 saturated carbocycles. The maximum absolute atomic E-state index is 12.9. The zero-order valence-electron chi connectivity index (χ0n) is 14.8. The van der Waals surface area contributed by atoms with Gasteiger partial charge in [0.1, 0.15) is 0 Å². The number of nitrogens with one attached hydrogen (secondary N) is 1. The molecule has 1 atom stereocenters. The Morgan fingerprint density at radius 1 is 1.11 bits per heavy atom. The average molecular weight is 424 g/mol. The lowest BCUT2D eigenvalue weighted by atomic mass is 10.0. The first-order valence-electron chi connectivity index (χ1n) is 7.67. The van der Waals surface area contributed by atoms with Crippen molar-refractivity contribution < 1.29 is 18.0 Å². The molecular formula is C18H22Cl2F3N3O. The molecular weight excluding hydrogens is 402 g/mol. The molecule has 0 spiro atoms. The third-order valence-corrected chi connectivity index (χ3v) is 3.71. The molecule has 0 heterocycles. The van der Waals surface area contributed by atoms with Gasteiger partial charge >= 0.3 is 6.18 Å². The number of halogens is 5. The number of rotatable bonds is 5. The van der Waals surface area contributed by atoms with E-state index in [9.17, 15) is 18.0 Å². The summed E-state index contributed by atoms with van der Waals surface area (Å²) in [7, 11) is 3.38. The van der Waals surface area contributed by atoms with Crippen LogP contribution in [0.4, 0.5) is 24.5 Å². The Kier molecular flexibility index (Phi) is 9.64. The van der Waals surface area contributed by atoms with Crippen LogP contribution in [0.25, 0.3) is 0 Å². The maximum Gasteiger partial charge on any atom is 0.416 e. The van der Waals surface area contributed by atoms with Crippen molar-refractivity contribution in [1.82, 2.24) is 0 Å². The van der Waals surface area contributed by atoms with Crippen molar-refractivity contribution in [3.05, 3.63) is 59.7 Å². The fourth-order valence-electron chi connectivity index (χ4n) is 2.42. The minimum Gasteiger partial charge on any atom is -0.376 e. The number of hydrogen-bond donors (Lipinski definition) is 2. The number of carbonyl (C=O) groups is 1. The Labute approximate surface area is 168 Å². The van der Waals surface area contributed by atoms with Gasteiger partial charge in [0.05, 0.1) is 16.9 Å². The molecule has 150 valence electrons. The number of carbonyl (C=O) groups excluding carboxylic acids is 1. The standard InChI is InChI=1S/C18H20F3N3O.2ClH/c1-24(2)16-9-8-13(18(19,20)21)10-15(16)23-17(25)11-14(22)12-6-4-3-5-7-12;;/h3-10,14H,11,22H2,1-2H3,(H,23,25);2*1H. The zero-order valence-corrected chi connectivity index (χ0v) is 16.4. The second-order valence-electron chi connectivity index (χ2n) is 5.89. The van der Waals surface area contributed by atoms with Gasteiger partial charge in [-0.1, -0.05) is 30.3 Å². The fourth-order valence-corrected chi connectivity index (χ4v) is 2.42. The Bertz CT molecular complexity index is 740. The van der Waals surface area contributed by atoms with Gasteiger partial charge in [-0.05, 0) is 23.8 Å². The summed E-state index contributed by atoms with van der Waals surface area (Å²) in [5.74, 6) is -0.446. The minimum atomic E-state index is -4.48. The Balaban J connectivity index is 0.00000338. The number of anilines is 2. The van der Waals surface area contributed by atoms with Crippen LogP contribution in [0.3, 0.4) is 0 Å². The van der Waals surface area contributed by atoms with E-state index in [1.807, 2.05) is 18.2 Å². The summed E-state index contributed by atoms with van der Waals surface area (Å²) in [6.45, 7) is 0. The van der Waals surface area contributed by atoms with E-state index in [0.29, 0.717) is 5.69 Å². The topological polar surface area (TPSA) is 58.4 Å². The fraction of sp³-hybridized carbons (Fsp3) is 0.278. The van der Waals surface area contributed by atoms with Crippen LogP contribution in [-0.2, 0) is 11.0 Å². The molecule has 0 radical (unpaired) electrons. The molecule has 0 bridgehead atoms. The number of nitrogens with two attached hydrogens (primary N) is 1. The number of nitrogens with zero attached hydrogens (tertiary/aromatic N) is 1. The highest BCUT2D eigenvalue weighted by Gasteiger charge is 2.31. The predicted molar refractivity (Wildman–Crippen MR) is 107 cm³/mol. The lowest BCUT2D eigenvalue weighted by Gasteiger charge is -2.20. The molecule has 0 aliphatic carbocycles. The number of hydrogen-bond acceptors (Lipinski definition) is 3. The first kappa shape index (κ1) is 25.0. The van der Waals surface area contributed by atoms with E-state index in [1.54, 1.807) is 31.1 Å². The van der Waals surface area contributed by atoms with Gasteiger partial charge in [0.2, 0.25) is 5.91 Å². The molecule has 0 aliphatic rings. The van der Waals surface area contributed by atoms with Gasteiger partial charge in [-0.2, -0.15) is 13.2 Å². The molecule has 2 aromatic rings. The van der Waals surface area contributed by atoms with Gasteiger partial charge in [0.15, 0.2) is 0 Å². The van der Waals surface area contributed by atoms with Crippen molar-refractivity contribution in [2.45, 2.75) is 18.6 Å². The van der Waals surface area contributed by atoms with Crippen LogP contribution in [0.2, 0.25) is 0 Å². The molecule has 3 N–H and O–H groups in total. The second kappa shape index (κ2) is 10.4.